The van der Waals surface area contributed by atoms with Gasteiger partial charge >= 0.3 is 0 Å². The molecule has 0 aliphatic heterocycles. The van der Waals surface area contributed by atoms with Crippen molar-refractivity contribution in [1.29, 1.82) is 0 Å². The van der Waals surface area contributed by atoms with Crippen molar-refractivity contribution in [2.45, 2.75) is 0 Å². The highest BCUT2D eigenvalue weighted by atomic mass is 35.5. The summed E-state index contributed by atoms with van der Waals surface area (Å²) in [6.07, 6.45) is 0. The van der Waals surface area contributed by atoms with Gasteiger partial charge in [-0.1, -0.05) is 11.6 Å². The third-order valence-corrected chi connectivity index (χ3v) is 2.14. The minimum absolute atomic E-state index is 0.293. The van der Waals surface area contributed by atoms with Gasteiger partial charge < -0.3 is 5.32 Å². The van der Waals surface area contributed by atoms with E-state index in [0.29, 0.717) is 9.21 Å². The molecule has 0 aliphatic rings. The summed E-state index contributed by atoms with van der Waals surface area (Å²) in [7, 11) is 0. The van der Waals surface area contributed by atoms with Gasteiger partial charge in [0.15, 0.2) is 0 Å². The Hall–Kier alpha value is -0.540. The number of carbonyl (C=O) groups excluding carboxylic acids is 1. The second-order valence-electron chi connectivity index (χ2n) is 1.56. The van der Waals surface area contributed by atoms with Crippen molar-refractivity contribution < 1.29 is 8.91 Å². The summed E-state index contributed by atoms with van der Waals surface area (Å²) in [5, 5.41) is 1.86. The molecule has 0 spiro atoms. The molecule has 10 heavy (non-hydrogen) atoms. The number of amides is 1. The first-order chi connectivity index (χ1) is 5.88. The molecule has 0 aliphatic carbocycles. The van der Waals surface area contributed by atoms with Crippen LogP contribution in [0, 0.1) is 0 Å². The molecule has 0 aromatic carbocycles. The summed E-state index contributed by atoms with van der Waals surface area (Å²) in [5.74, 6) is -0.628. The van der Waals surface area contributed by atoms with Crippen LogP contribution in [0.4, 0.5) is 0 Å². The maximum absolute atomic E-state index is 11.2. The van der Waals surface area contributed by atoms with Crippen LogP contribution >= 0.6 is 22.9 Å². The summed E-state index contributed by atoms with van der Waals surface area (Å²) >= 11 is 6.61. The third-order valence-electron chi connectivity index (χ3n) is 0.911. The monoisotopic (exact) mass is 179 g/mol. The third kappa shape index (κ3) is 1.49. The van der Waals surface area contributed by atoms with Gasteiger partial charge in [0.2, 0.25) is 0 Å². The average molecular weight is 180 g/mol. The maximum atomic E-state index is 11.2. The summed E-state index contributed by atoms with van der Waals surface area (Å²) < 4.78 is 20.8. The van der Waals surface area contributed by atoms with Crippen molar-refractivity contribution >= 4 is 28.8 Å². The lowest BCUT2D eigenvalue weighted by Gasteiger charge is -1.90. The largest absolute Gasteiger partial charge is 0.354 e. The van der Waals surface area contributed by atoms with E-state index >= 15 is 0 Å². The van der Waals surface area contributed by atoms with Crippen LogP contribution in [0.25, 0.3) is 0 Å². The van der Waals surface area contributed by atoms with Gasteiger partial charge in [-0.05, 0) is 12.1 Å². The van der Waals surface area contributed by atoms with Crippen LogP contribution in [0.2, 0.25) is 4.34 Å². The lowest BCUT2D eigenvalue weighted by Crippen LogP contribution is -2.15. The zero-order valence-electron chi connectivity index (χ0n) is 7.85. The number of carbonyl (C=O) groups is 1. The minimum atomic E-state index is -2.45. The molecule has 0 saturated carbocycles. The Labute approximate surface area is 72.0 Å². The van der Waals surface area contributed by atoms with Gasteiger partial charge in [0.05, 0.1) is 9.21 Å². The molecule has 4 heteroatoms. The molecular weight excluding hydrogens is 171 g/mol. The highest BCUT2D eigenvalue weighted by Crippen LogP contribution is 2.20. The molecule has 1 heterocycles. The van der Waals surface area contributed by atoms with Crippen molar-refractivity contribution in [2.24, 2.45) is 0 Å². The fraction of sp³-hybridized carbons (Fsp3) is 0.167. The number of nitrogens with one attached hydrogen (secondary N) is 1. The van der Waals surface area contributed by atoms with E-state index in [0.717, 1.165) is 11.3 Å². The van der Waals surface area contributed by atoms with Gasteiger partial charge in [0, 0.05) is 11.1 Å². The molecule has 1 aromatic rings. The summed E-state index contributed by atoms with van der Waals surface area (Å²) in [4.78, 5) is 11.4. The van der Waals surface area contributed by atoms with Crippen LogP contribution in [0.5, 0.6) is 0 Å². The Morgan fingerprint density at radius 3 is 3.20 bits per heavy atom. The summed E-state index contributed by atoms with van der Waals surface area (Å²) in [5.41, 5.74) is 0. The molecule has 1 aromatic heterocycles. The Kier molecular flexibility index (Phi) is 1.32. The number of halogens is 1. The number of thiophene rings is 1. The zero-order valence-corrected chi connectivity index (χ0v) is 6.42. The lowest BCUT2D eigenvalue weighted by molar-refractivity contribution is 0.0967. The van der Waals surface area contributed by atoms with Crippen LogP contribution in [-0.2, 0) is 0 Å². The molecular formula is C6H6ClNOS. The smallest absolute Gasteiger partial charge is 0.261 e. The fourth-order valence-corrected chi connectivity index (χ4v) is 1.44. The van der Waals surface area contributed by atoms with E-state index in [1.54, 1.807) is 6.07 Å². The fourth-order valence-electron chi connectivity index (χ4n) is 0.498. The number of hydrogen-bond donors (Lipinski definition) is 1. The van der Waals surface area contributed by atoms with E-state index < -0.39 is 12.9 Å². The Morgan fingerprint density at radius 1 is 1.90 bits per heavy atom. The summed E-state index contributed by atoms with van der Waals surface area (Å²) in [6.45, 7) is -2.45. The minimum Gasteiger partial charge on any atom is -0.354 e. The first-order valence-corrected chi connectivity index (χ1v) is 3.66. The van der Waals surface area contributed by atoms with Crippen molar-refractivity contribution in [2.75, 3.05) is 6.98 Å². The predicted molar refractivity (Wildman–Crippen MR) is 42.7 cm³/mol. The first kappa shape index (κ1) is 4.36. The standard InChI is InChI=1S/C6H6ClNOS/c1-8-6(9)4-2-3-5(7)10-4/h2-3H,1H3,(H,8,9)/i1+1D3. The zero-order chi connectivity index (χ0) is 10.1. The second kappa shape index (κ2) is 3.03. The van der Waals surface area contributed by atoms with Gasteiger partial charge in [0.1, 0.15) is 0 Å². The SMILES string of the molecule is [2H][13C]([2H])([2H])NC(=O)c1ccc(Cl)s1. The predicted octanol–water partition coefficient (Wildman–Crippen LogP) is 1.76. The molecule has 0 fully saturated rings. The highest BCUT2D eigenvalue weighted by Gasteiger charge is 2.04. The van der Waals surface area contributed by atoms with Gasteiger partial charge in [0.25, 0.3) is 5.91 Å². The van der Waals surface area contributed by atoms with Gasteiger partial charge in [-0.2, -0.15) is 0 Å². The van der Waals surface area contributed by atoms with Crippen LogP contribution in [-0.4, -0.2) is 12.9 Å². The van der Waals surface area contributed by atoms with Crippen molar-refractivity contribution in [1.82, 2.24) is 5.32 Å². The molecule has 1 N–H and O–H groups in total. The van der Waals surface area contributed by atoms with E-state index in [1.807, 2.05) is 5.32 Å². The van der Waals surface area contributed by atoms with Gasteiger partial charge in [-0.15, -0.1) is 11.3 Å². The van der Waals surface area contributed by atoms with Gasteiger partial charge in [-0.3, -0.25) is 4.79 Å². The topological polar surface area (TPSA) is 29.1 Å². The van der Waals surface area contributed by atoms with E-state index in [2.05, 4.69) is 0 Å². The average Bonchev–Trinajstić information content (AvgIpc) is 2.31. The molecule has 0 unspecified atom stereocenters. The van der Waals surface area contributed by atoms with Crippen molar-refractivity contribution in [3.63, 3.8) is 0 Å². The van der Waals surface area contributed by atoms with Crippen LogP contribution in [0.15, 0.2) is 12.1 Å². The van der Waals surface area contributed by atoms with Gasteiger partial charge in [-0.25, -0.2) is 0 Å². The summed E-state index contributed by atoms with van der Waals surface area (Å²) in [6, 6.07) is 3.02. The molecule has 1 amide bonds. The Bertz CT molecular complexity index is 322. The van der Waals surface area contributed by atoms with E-state index in [4.69, 9.17) is 15.7 Å². The first-order valence-electron chi connectivity index (χ1n) is 3.96. The molecule has 0 atom stereocenters. The number of rotatable bonds is 1. The van der Waals surface area contributed by atoms with Crippen molar-refractivity contribution in [3.05, 3.63) is 21.3 Å². The molecule has 0 saturated heterocycles. The maximum Gasteiger partial charge on any atom is 0.261 e. The van der Waals surface area contributed by atoms with E-state index in [-0.39, 0.29) is 0 Å². The van der Waals surface area contributed by atoms with Crippen LogP contribution in [0.3, 0.4) is 0 Å². The van der Waals surface area contributed by atoms with Crippen molar-refractivity contribution in [3.8, 4) is 0 Å². The lowest BCUT2D eigenvalue weighted by atomic mass is 10.4. The Balaban J connectivity index is 2.70. The normalized spacial score (nSPS) is 15.1. The number of hydrogen-bond acceptors (Lipinski definition) is 2. The molecule has 1 rings (SSSR count). The van der Waals surface area contributed by atoms with Crippen LogP contribution in [0.1, 0.15) is 13.8 Å². The molecule has 0 radical (unpaired) electrons. The van der Waals surface area contributed by atoms with E-state index in [1.165, 1.54) is 6.07 Å². The molecule has 54 valence electrons. The Morgan fingerprint density at radius 2 is 2.70 bits per heavy atom. The highest BCUT2D eigenvalue weighted by molar-refractivity contribution is 7.17. The second-order valence-corrected chi connectivity index (χ2v) is 3.27. The quantitative estimate of drug-likeness (QED) is 0.654. The molecule has 2 nitrogen and oxygen atoms in total. The van der Waals surface area contributed by atoms with E-state index in [9.17, 15) is 4.79 Å². The molecule has 0 bridgehead atoms. The van der Waals surface area contributed by atoms with Crippen LogP contribution < -0.4 is 5.32 Å².